The predicted molar refractivity (Wildman–Crippen MR) is 115 cm³/mol. The normalized spacial score (nSPS) is 11.7. The molecule has 2 aromatic carbocycles. The molecular formula is C22H26Cl2N2O2. The van der Waals surface area contributed by atoms with Gasteiger partial charge in [-0.1, -0.05) is 72.9 Å². The van der Waals surface area contributed by atoms with E-state index in [0.717, 1.165) is 24.0 Å². The van der Waals surface area contributed by atoms with E-state index in [1.54, 1.807) is 30.0 Å². The van der Waals surface area contributed by atoms with E-state index < -0.39 is 6.04 Å². The Morgan fingerprint density at radius 2 is 1.82 bits per heavy atom. The van der Waals surface area contributed by atoms with Gasteiger partial charge in [0.2, 0.25) is 11.8 Å². The minimum atomic E-state index is -0.611. The molecular weight excluding hydrogens is 395 g/mol. The van der Waals surface area contributed by atoms with Crippen LogP contribution in [0.4, 0.5) is 0 Å². The molecule has 0 heterocycles. The van der Waals surface area contributed by atoms with E-state index in [-0.39, 0.29) is 24.8 Å². The molecule has 0 aliphatic carbocycles. The molecule has 0 aliphatic rings. The van der Waals surface area contributed by atoms with Gasteiger partial charge < -0.3 is 10.2 Å². The first kappa shape index (κ1) is 22.3. The van der Waals surface area contributed by atoms with Crippen molar-refractivity contribution in [1.29, 1.82) is 0 Å². The average molecular weight is 421 g/mol. The zero-order valence-corrected chi connectivity index (χ0v) is 17.8. The molecule has 0 bridgehead atoms. The molecule has 4 nitrogen and oxygen atoms in total. The van der Waals surface area contributed by atoms with Crippen molar-refractivity contribution in [2.24, 2.45) is 0 Å². The highest BCUT2D eigenvalue weighted by Crippen LogP contribution is 2.23. The zero-order chi connectivity index (χ0) is 20.5. The highest BCUT2D eigenvalue weighted by molar-refractivity contribution is 6.35. The van der Waals surface area contributed by atoms with Gasteiger partial charge in [0, 0.05) is 23.1 Å². The minimum Gasteiger partial charge on any atom is -0.354 e. The van der Waals surface area contributed by atoms with Crippen LogP contribution in [0.2, 0.25) is 10.0 Å². The van der Waals surface area contributed by atoms with E-state index in [2.05, 4.69) is 12.2 Å². The second-order valence-corrected chi connectivity index (χ2v) is 7.58. The Bertz CT molecular complexity index is 796. The predicted octanol–water partition coefficient (Wildman–Crippen LogP) is 4.87. The number of unbranched alkanes of at least 4 members (excludes halogenated alkanes) is 1. The molecule has 1 atom stereocenters. The molecule has 2 aromatic rings. The maximum Gasteiger partial charge on any atom is 0.242 e. The van der Waals surface area contributed by atoms with Crippen molar-refractivity contribution in [3.05, 3.63) is 69.7 Å². The van der Waals surface area contributed by atoms with Crippen molar-refractivity contribution in [2.75, 3.05) is 6.54 Å². The van der Waals surface area contributed by atoms with Gasteiger partial charge in [0.1, 0.15) is 6.04 Å². The lowest BCUT2D eigenvalue weighted by molar-refractivity contribution is -0.140. The van der Waals surface area contributed by atoms with E-state index in [1.165, 1.54) is 0 Å². The van der Waals surface area contributed by atoms with Gasteiger partial charge in [-0.25, -0.2) is 0 Å². The van der Waals surface area contributed by atoms with E-state index in [0.29, 0.717) is 16.6 Å². The van der Waals surface area contributed by atoms with Crippen LogP contribution < -0.4 is 5.32 Å². The molecule has 2 rings (SSSR count). The topological polar surface area (TPSA) is 49.4 Å². The van der Waals surface area contributed by atoms with Gasteiger partial charge in [-0.3, -0.25) is 9.59 Å². The monoisotopic (exact) mass is 420 g/mol. The number of halogens is 2. The van der Waals surface area contributed by atoms with Crippen LogP contribution in [0, 0.1) is 0 Å². The fraction of sp³-hybridized carbons (Fsp3) is 0.364. The summed E-state index contributed by atoms with van der Waals surface area (Å²) < 4.78 is 0. The Labute approximate surface area is 176 Å². The van der Waals surface area contributed by atoms with Gasteiger partial charge in [-0.2, -0.15) is 0 Å². The number of nitrogens with one attached hydrogen (secondary N) is 1. The summed E-state index contributed by atoms with van der Waals surface area (Å²) in [5, 5.41) is 3.91. The Hall–Kier alpha value is -2.04. The largest absolute Gasteiger partial charge is 0.354 e. The van der Waals surface area contributed by atoms with Crippen molar-refractivity contribution in [3.63, 3.8) is 0 Å². The van der Waals surface area contributed by atoms with Crippen molar-refractivity contribution in [2.45, 2.75) is 45.7 Å². The first-order valence-corrected chi connectivity index (χ1v) is 10.2. The number of rotatable bonds is 9. The maximum absolute atomic E-state index is 13.0. The summed E-state index contributed by atoms with van der Waals surface area (Å²) in [6, 6.07) is 14.0. The molecule has 0 unspecified atom stereocenters. The molecule has 0 fully saturated rings. The molecule has 28 heavy (non-hydrogen) atoms. The Morgan fingerprint density at radius 1 is 1.11 bits per heavy atom. The van der Waals surface area contributed by atoms with Crippen molar-refractivity contribution in [1.82, 2.24) is 10.2 Å². The van der Waals surface area contributed by atoms with Crippen LogP contribution in [0.15, 0.2) is 48.5 Å². The maximum atomic E-state index is 13.0. The van der Waals surface area contributed by atoms with Gasteiger partial charge in [0.25, 0.3) is 0 Å². The zero-order valence-electron chi connectivity index (χ0n) is 16.3. The molecule has 0 saturated heterocycles. The van der Waals surface area contributed by atoms with Crippen LogP contribution in [0.5, 0.6) is 0 Å². The lowest BCUT2D eigenvalue weighted by atomic mass is 10.1. The third-order valence-electron chi connectivity index (χ3n) is 4.55. The third kappa shape index (κ3) is 6.54. The van der Waals surface area contributed by atoms with Gasteiger partial charge in [-0.15, -0.1) is 0 Å². The Balaban J connectivity index is 2.20. The first-order chi connectivity index (χ1) is 13.4. The summed E-state index contributed by atoms with van der Waals surface area (Å²) in [5.41, 5.74) is 1.65. The summed E-state index contributed by atoms with van der Waals surface area (Å²) in [4.78, 5) is 27.2. The van der Waals surface area contributed by atoms with Crippen molar-refractivity contribution < 1.29 is 9.59 Å². The smallest absolute Gasteiger partial charge is 0.242 e. The first-order valence-electron chi connectivity index (χ1n) is 9.47. The van der Waals surface area contributed by atoms with E-state index in [1.807, 2.05) is 30.3 Å². The highest BCUT2D eigenvalue weighted by atomic mass is 35.5. The van der Waals surface area contributed by atoms with Crippen molar-refractivity contribution in [3.8, 4) is 0 Å². The summed E-state index contributed by atoms with van der Waals surface area (Å²) in [6.45, 7) is 4.65. The second kappa shape index (κ2) is 11.1. The number of carbonyl (C=O) groups excluding carboxylic acids is 2. The lowest BCUT2D eigenvalue weighted by Crippen LogP contribution is -2.48. The van der Waals surface area contributed by atoms with Crippen LogP contribution in [0.3, 0.4) is 0 Å². The summed E-state index contributed by atoms with van der Waals surface area (Å²) in [5.74, 6) is -0.296. The molecule has 0 spiro atoms. The number of nitrogens with zero attached hydrogens (tertiary/aromatic N) is 1. The molecule has 150 valence electrons. The fourth-order valence-corrected chi connectivity index (χ4v) is 3.29. The van der Waals surface area contributed by atoms with Gasteiger partial charge in [0.15, 0.2) is 0 Å². The average Bonchev–Trinajstić information content (AvgIpc) is 2.67. The van der Waals surface area contributed by atoms with E-state index in [9.17, 15) is 9.59 Å². The second-order valence-electron chi connectivity index (χ2n) is 6.74. The highest BCUT2D eigenvalue weighted by Gasteiger charge is 2.26. The van der Waals surface area contributed by atoms with E-state index in [4.69, 9.17) is 23.2 Å². The van der Waals surface area contributed by atoms with Crippen LogP contribution in [0.25, 0.3) is 0 Å². The van der Waals surface area contributed by atoms with Crippen LogP contribution >= 0.6 is 23.2 Å². The quantitative estimate of drug-likeness (QED) is 0.588. The lowest BCUT2D eigenvalue weighted by Gasteiger charge is -2.29. The SMILES string of the molecule is CCCCNC(=O)[C@H](C)N(Cc1ccc(Cl)cc1Cl)C(=O)Cc1ccccc1. The van der Waals surface area contributed by atoms with Gasteiger partial charge >= 0.3 is 0 Å². The number of hydrogen-bond acceptors (Lipinski definition) is 2. The molecule has 1 N–H and O–H groups in total. The third-order valence-corrected chi connectivity index (χ3v) is 5.14. The minimum absolute atomic E-state index is 0.129. The number of carbonyl (C=O) groups is 2. The standard InChI is InChI=1S/C22H26Cl2N2O2/c1-3-4-12-25-22(28)16(2)26(15-18-10-11-19(23)14-20(18)24)21(27)13-17-8-6-5-7-9-17/h5-11,14,16H,3-4,12-13,15H2,1-2H3,(H,25,28)/t16-/m0/s1. The van der Waals surface area contributed by atoms with Crippen LogP contribution in [-0.4, -0.2) is 29.3 Å². The molecule has 6 heteroatoms. The van der Waals surface area contributed by atoms with Crippen LogP contribution in [-0.2, 0) is 22.6 Å². The van der Waals surface area contributed by atoms with Gasteiger partial charge in [-0.05, 0) is 36.6 Å². The van der Waals surface area contributed by atoms with Crippen LogP contribution in [0.1, 0.15) is 37.8 Å². The molecule has 0 saturated carbocycles. The Kier molecular flexibility index (Phi) is 8.81. The summed E-state index contributed by atoms with van der Waals surface area (Å²) in [7, 11) is 0. The number of amides is 2. The summed E-state index contributed by atoms with van der Waals surface area (Å²) >= 11 is 12.3. The molecule has 0 aromatic heterocycles. The number of hydrogen-bond donors (Lipinski definition) is 1. The van der Waals surface area contributed by atoms with Crippen molar-refractivity contribution >= 4 is 35.0 Å². The molecule has 0 aliphatic heterocycles. The number of benzene rings is 2. The fourth-order valence-electron chi connectivity index (χ4n) is 2.82. The molecule has 0 radical (unpaired) electrons. The van der Waals surface area contributed by atoms with Gasteiger partial charge in [0.05, 0.1) is 6.42 Å². The Morgan fingerprint density at radius 3 is 2.46 bits per heavy atom. The molecule has 2 amide bonds. The van der Waals surface area contributed by atoms with E-state index >= 15 is 0 Å². The summed E-state index contributed by atoms with van der Waals surface area (Å²) in [6.07, 6.45) is 2.11.